The quantitative estimate of drug-likeness (QED) is 0.572. The molecule has 0 radical (unpaired) electrons. The van der Waals surface area contributed by atoms with E-state index < -0.39 is 18.0 Å². The Hall–Kier alpha value is -3.75. The summed E-state index contributed by atoms with van der Waals surface area (Å²) in [6.07, 6.45) is -1.13. The number of amides is 2. The van der Waals surface area contributed by atoms with Gasteiger partial charge >= 0.3 is 5.97 Å². The number of methoxy groups -OCH3 is 3. The van der Waals surface area contributed by atoms with Crippen LogP contribution in [0.2, 0.25) is 0 Å². The van der Waals surface area contributed by atoms with E-state index >= 15 is 0 Å². The van der Waals surface area contributed by atoms with Gasteiger partial charge in [0.1, 0.15) is 0 Å². The van der Waals surface area contributed by atoms with Gasteiger partial charge < -0.3 is 29.6 Å². The number of carbonyl (C=O) groups excluding carboxylic acids is 3. The molecule has 1 unspecified atom stereocenters. The maximum Gasteiger partial charge on any atom is 0.339 e. The highest BCUT2D eigenvalue weighted by atomic mass is 16.5. The topological polar surface area (TPSA) is 112 Å². The maximum atomic E-state index is 12.5. The van der Waals surface area contributed by atoms with E-state index in [0.717, 1.165) is 11.1 Å². The van der Waals surface area contributed by atoms with E-state index in [-0.39, 0.29) is 29.5 Å². The minimum Gasteiger partial charge on any atom is -0.493 e. The van der Waals surface area contributed by atoms with Crippen molar-refractivity contribution < 1.29 is 33.3 Å². The van der Waals surface area contributed by atoms with Gasteiger partial charge in [0.2, 0.25) is 11.7 Å². The SMILES string of the molecule is COc1cc(C(=O)OC(C)C(=O)NCC(=O)Nc2c(C)cccc2C)cc(OC)c1OC. The number of esters is 1. The Morgan fingerprint density at radius 3 is 2.00 bits per heavy atom. The zero-order valence-electron chi connectivity index (χ0n) is 19.0. The molecule has 9 nitrogen and oxygen atoms in total. The molecular formula is C23H28N2O7. The predicted molar refractivity (Wildman–Crippen MR) is 119 cm³/mol. The fourth-order valence-electron chi connectivity index (χ4n) is 2.99. The van der Waals surface area contributed by atoms with Crippen molar-refractivity contribution in [2.75, 3.05) is 33.2 Å². The highest BCUT2D eigenvalue weighted by Crippen LogP contribution is 2.38. The third-order valence-electron chi connectivity index (χ3n) is 4.72. The van der Waals surface area contributed by atoms with E-state index in [0.29, 0.717) is 11.4 Å². The average molecular weight is 444 g/mol. The first-order valence-corrected chi connectivity index (χ1v) is 9.86. The fraction of sp³-hybridized carbons (Fsp3) is 0.348. The number of benzene rings is 2. The molecule has 0 aliphatic heterocycles. The van der Waals surface area contributed by atoms with Crippen molar-refractivity contribution in [3.63, 3.8) is 0 Å². The lowest BCUT2D eigenvalue weighted by atomic mass is 10.1. The van der Waals surface area contributed by atoms with Crippen LogP contribution in [0.25, 0.3) is 0 Å². The first kappa shape index (κ1) is 24.5. The Kier molecular flexibility index (Phi) is 8.46. The first-order valence-electron chi connectivity index (χ1n) is 9.86. The Morgan fingerprint density at radius 1 is 0.938 bits per heavy atom. The summed E-state index contributed by atoms with van der Waals surface area (Å²) in [6.45, 7) is 4.91. The normalized spacial score (nSPS) is 11.2. The van der Waals surface area contributed by atoms with Crippen LogP contribution in [0.4, 0.5) is 5.69 Å². The van der Waals surface area contributed by atoms with Gasteiger partial charge in [-0.15, -0.1) is 0 Å². The third kappa shape index (κ3) is 5.90. The van der Waals surface area contributed by atoms with E-state index in [1.54, 1.807) is 0 Å². The van der Waals surface area contributed by atoms with Crippen molar-refractivity contribution in [1.82, 2.24) is 5.32 Å². The third-order valence-corrected chi connectivity index (χ3v) is 4.72. The minimum atomic E-state index is -1.13. The Balaban J connectivity index is 1.97. The second-order valence-corrected chi connectivity index (χ2v) is 6.99. The van der Waals surface area contributed by atoms with Crippen LogP contribution in [0.15, 0.2) is 30.3 Å². The molecule has 0 aliphatic rings. The molecule has 9 heteroatoms. The number of nitrogens with one attached hydrogen (secondary N) is 2. The number of hydrogen-bond donors (Lipinski definition) is 2. The van der Waals surface area contributed by atoms with Gasteiger partial charge in [0, 0.05) is 5.69 Å². The van der Waals surface area contributed by atoms with E-state index in [1.165, 1.54) is 40.4 Å². The fourth-order valence-corrected chi connectivity index (χ4v) is 2.99. The van der Waals surface area contributed by atoms with Gasteiger partial charge in [0.15, 0.2) is 17.6 Å². The van der Waals surface area contributed by atoms with Crippen LogP contribution in [0.3, 0.4) is 0 Å². The van der Waals surface area contributed by atoms with Crippen molar-refractivity contribution in [3.8, 4) is 17.2 Å². The Bertz CT molecular complexity index is 959. The lowest BCUT2D eigenvalue weighted by molar-refractivity contribution is -0.130. The van der Waals surface area contributed by atoms with Crippen molar-refractivity contribution in [3.05, 3.63) is 47.0 Å². The highest BCUT2D eigenvalue weighted by molar-refractivity contribution is 5.97. The van der Waals surface area contributed by atoms with Gasteiger partial charge in [-0.3, -0.25) is 9.59 Å². The van der Waals surface area contributed by atoms with Crippen molar-refractivity contribution in [2.24, 2.45) is 0 Å². The number of ether oxygens (including phenoxy) is 4. The Labute approximate surface area is 187 Å². The van der Waals surface area contributed by atoms with Gasteiger partial charge in [-0.2, -0.15) is 0 Å². The van der Waals surface area contributed by atoms with Crippen LogP contribution in [-0.4, -0.2) is 51.8 Å². The molecule has 0 fully saturated rings. The van der Waals surface area contributed by atoms with Crippen LogP contribution < -0.4 is 24.8 Å². The molecule has 0 aliphatic carbocycles. The second kappa shape index (κ2) is 11.0. The molecule has 32 heavy (non-hydrogen) atoms. The molecular weight excluding hydrogens is 416 g/mol. The largest absolute Gasteiger partial charge is 0.493 e. The molecule has 2 amide bonds. The summed E-state index contributed by atoms with van der Waals surface area (Å²) in [7, 11) is 4.29. The number of hydrogen-bond acceptors (Lipinski definition) is 7. The van der Waals surface area contributed by atoms with Crippen LogP contribution in [-0.2, 0) is 14.3 Å². The molecule has 1 atom stereocenters. The Morgan fingerprint density at radius 2 is 1.50 bits per heavy atom. The molecule has 2 aromatic carbocycles. The molecule has 0 saturated heterocycles. The number of anilines is 1. The molecule has 0 bridgehead atoms. The molecule has 0 aromatic heterocycles. The van der Waals surface area contributed by atoms with E-state index in [4.69, 9.17) is 18.9 Å². The monoisotopic (exact) mass is 444 g/mol. The van der Waals surface area contributed by atoms with Crippen molar-refractivity contribution in [1.29, 1.82) is 0 Å². The lowest BCUT2D eigenvalue weighted by Gasteiger charge is -2.16. The second-order valence-electron chi connectivity index (χ2n) is 6.99. The lowest BCUT2D eigenvalue weighted by Crippen LogP contribution is -2.40. The van der Waals surface area contributed by atoms with E-state index in [9.17, 15) is 14.4 Å². The predicted octanol–water partition coefficient (Wildman–Crippen LogP) is 2.63. The van der Waals surface area contributed by atoms with Gasteiger partial charge in [-0.05, 0) is 44.0 Å². The average Bonchev–Trinajstić information content (AvgIpc) is 2.78. The summed E-state index contributed by atoms with van der Waals surface area (Å²) in [4.78, 5) is 37.0. The van der Waals surface area contributed by atoms with Crippen molar-refractivity contribution in [2.45, 2.75) is 26.9 Å². The van der Waals surface area contributed by atoms with Crippen LogP contribution in [0.5, 0.6) is 17.2 Å². The van der Waals surface area contributed by atoms with Gasteiger partial charge in [-0.25, -0.2) is 4.79 Å². The molecule has 2 aromatic rings. The summed E-state index contributed by atoms with van der Waals surface area (Å²) >= 11 is 0. The summed E-state index contributed by atoms with van der Waals surface area (Å²) in [5.74, 6) is -0.876. The minimum absolute atomic E-state index is 0.118. The van der Waals surface area contributed by atoms with Crippen LogP contribution >= 0.6 is 0 Å². The maximum absolute atomic E-state index is 12.5. The molecule has 0 heterocycles. The number of para-hydroxylation sites is 1. The summed E-state index contributed by atoms with van der Waals surface area (Å²) < 4.78 is 20.9. The van der Waals surface area contributed by atoms with Crippen LogP contribution in [0.1, 0.15) is 28.4 Å². The molecule has 2 rings (SSSR count). The zero-order valence-corrected chi connectivity index (χ0v) is 19.0. The smallest absolute Gasteiger partial charge is 0.339 e. The van der Waals surface area contributed by atoms with Gasteiger partial charge in [-0.1, -0.05) is 18.2 Å². The van der Waals surface area contributed by atoms with Gasteiger partial charge in [0.05, 0.1) is 33.4 Å². The number of rotatable bonds is 9. The summed E-state index contributed by atoms with van der Waals surface area (Å²) in [5, 5.41) is 5.24. The summed E-state index contributed by atoms with van der Waals surface area (Å²) in [6, 6.07) is 8.50. The standard InChI is InChI=1S/C23H28N2O7/c1-13-8-7-9-14(2)20(13)25-19(26)12-24-22(27)15(3)32-23(28)16-10-17(29-4)21(31-6)18(11-16)30-5/h7-11,15H,12H2,1-6H3,(H,24,27)(H,25,26). The van der Waals surface area contributed by atoms with Crippen molar-refractivity contribution >= 4 is 23.5 Å². The number of carbonyl (C=O) groups is 3. The molecule has 2 N–H and O–H groups in total. The molecule has 0 spiro atoms. The van der Waals surface area contributed by atoms with E-state index in [2.05, 4.69) is 10.6 Å². The zero-order chi connectivity index (χ0) is 23.8. The summed E-state index contributed by atoms with van der Waals surface area (Å²) in [5.41, 5.74) is 2.65. The molecule has 172 valence electrons. The van der Waals surface area contributed by atoms with Gasteiger partial charge in [0.25, 0.3) is 5.91 Å². The first-order chi connectivity index (χ1) is 15.2. The number of aryl methyl sites for hydroxylation is 2. The molecule has 0 saturated carbocycles. The highest BCUT2D eigenvalue weighted by Gasteiger charge is 2.23. The van der Waals surface area contributed by atoms with Crippen LogP contribution in [0, 0.1) is 13.8 Å². The van der Waals surface area contributed by atoms with E-state index in [1.807, 2.05) is 32.0 Å².